The molecule has 13 heteroatoms. The van der Waals surface area contributed by atoms with E-state index in [1.165, 1.54) is 24.3 Å². The van der Waals surface area contributed by atoms with E-state index in [0.29, 0.717) is 61.3 Å². The molecule has 0 bridgehead atoms. The summed E-state index contributed by atoms with van der Waals surface area (Å²) >= 11 is 0. The SMILES string of the molecule is Cn1c(CN2CCN(c3cccc(OCc4ccc(C#N)cc4F)n3)CC2)nc2c(OC(F)F)cc(C(=O)O)cc21. The molecular formula is C28H25F3N6O4. The van der Waals surface area contributed by atoms with Crippen LogP contribution in [0.1, 0.15) is 27.3 Å². The molecule has 1 aliphatic heterocycles. The van der Waals surface area contributed by atoms with E-state index >= 15 is 0 Å². The van der Waals surface area contributed by atoms with Crippen molar-refractivity contribution in [3.8, 4) is 17.7 Å². The fourth-order valence-corrected chi connectivity index (χ4v) is 4.64. The van der Waals surface area contributed by atoms with Crippen molar-refractivity contribution in [3.63, 3.8) is 0 Å². The molecule has 0 atom stereocenters. The van der Waals surface area contributed by atoms with Gasteiger partial charge >= 0.3 is 12.6 Å². The lowest BCUT2D eigenvalue weighted by Crippen LogP contribution is -2.46. The molecule has 1 N–H and O–H groups in total. The molecule has 0 radical (unpaired) electrons. The normalized spacial score (nSPS) is 13.9. The van der Waals surface area contributed by atoms with Crippen molar-refractivity contribution in [2.75, 3.05) is 31.1 Å². The molecule has 0 unspecified atom stereocenters. The molecule has 0 aliphatic carbocycles. The monoisotopic (exact) mass is 566 g/mol. The number of benzene rings is 2. The number of anilines is 1. The van der Waals surface area contributed by atoms with Gasteiger partial charge in [0.05, 0.1) is 29.3 Å². The smallest absolute Gasteiger partial charge is 0.387 e. The molecule has 0 spiro atoms. The minimum absolute atomic E-state index is 0.0299. The zero-order valence-corrected chi connectivity index (χ0v) is 21.9. The Kier molecular flexibility index (Phi) is 7.93. The predicted molar refractivity (Wildman–Crippen MR) is 141 cm³/mol. The van der Waals surface area contributed by atoms with Gasteiger partial charge in [0, 0.05) is 44.9 Å². The van der Waals surface area contributed by atoms with Gasteiger partial charge in [-0.1, -0.05) is 12.1 Å². The maximum absolute atomic E-state index is 14.2. The number of hydrogen-bond acceptors (Lipinski definition) is 8. The molecule has 2 aromatic heterocycles. The second-order valence-electron chi connectivity index (χ2n) is 9.42. The summed E-state index contributed by atoms with van der Waals surface area (Å²) in [4.78, 5) is 24.8. The van der Waals surface area contributed by atoms with E-state index in [-0.39, 0.29) is 29.0 Å². The quantitative estimate of drug-likeness (QED) is 0.318. The third kappa shape index (κ3) is 6.17. The number of pyridine rings is 1. The van der Waals surface area contributed by atoms with Crippen molar-refractivity contribution in [1.82, 2.24) is 19.4 Å². The van der Waals surface area contributed by atoms with E-state index in [1.54, 1.807) is 17.7 Å². The van der Waals surface area contributed by atoms with E-state index in [4.69, 9.17) is 10.00 Å². The van der Waals surface area contributed by atoms with Gasteiger partial charge in [-0.25, -0.2) is 14.2 Å². The van der Waals surface area contributed by atoms with Crippen LogP contribution in [0.3, 0.4) is 0 Å². The molecule has 4 aromatic rings. The second-order valence-corrected chi connectivity index (χ2v) is 9.42. The van der Waals surface area contributed by atoms with Crippen LogP contribution in [0.25, 0.3) is 11.0 Å². The van der Waals surface area contributed by atoms with Crippen LogP contribution in [0, 0.1) is 17.1 Å². The van der Waals surface area contributed by atoms with Crippen molar-refractivity contribution >= 4 is 22.8 Å². The molecule has 1 fully saturated rings. The maximum Gasteiger partial charge on any atom is 0.387 e. The zero-order chi connectivity index (χ0) is 29.1. The van der Waals surface area contributed by atoms with E-state index in [2.05, 4.69) is 24.5 Å². The number of carbonyl (C=O) groups is 1. The average Bonchev–Trinajstić information content (AvgIpc) is 3.27. The van der Waals surface area contributed by atoms with Crippen molar-refractivity contribution < 1.29 is 32.5 Å². The second kappa shape index (κ2) is 11.7. The molecule has 10 nitrogen and oxygen atoms in total. The Labute approximate surface area is 232 Å². The summed E-state index contributed by atoms with van der Waals surface area (Å²) in [6.07, 6.45) is 0. The number of aryl methyl sites for hydroxylation is 1. The van der Waals surface area contributed by atoms with Gasteiger partial charge < -0.3 is 24.0 Å². The first-order chi connectivity index (χ1) is 19.7. The van der Waals surface area contributed by atoms with Crippen LogP contribution in [0.4, 0.5) is 19.0 Å². The van der Waals surface area contributed by atoms with Crippen LogP contribution in [0.15, 0.2) is 48.5 Å². The average molecular weight is 567 g/mol. The Bertz CT molecular complexity index is 1630. The first-order valence-corrected chi connectivity index (χ1v) is 12.6. The van der Waals surface area contributed by atoms with Gasteiger partial charge in [-0.3, -0.25) is 4.90 Å². The molecule has 2 aromatic carbocycles. The Morgan fingerprint density at radius 1 is 1.12 bits per heavy atom. The number of nitrogens with zero attached hydrogens (tertiary/aromatic N) is 6. The van der Waals surface area contributed by atoms with Gasteiger partial charge in [-0.15, -0.1) is 0 Å². The summed E-state index contributed by atoms with van der Waals surface area (Å²) in [7, 11) is 1.71. The first kappa shape index (κ1) is 27.7. The number of ether oxygens (including phenoxy) is 2. The summed E-state index contributed by atoms with van der Waals surface area (Å²) in [5.74, 6) is -0.419. The highest BCUT2D eigenvalue weighted by atomic mass is 19.3. The Morgan fingerprint density at radius 2 is 1.90 bits per heavy atom. The molecule has 0 amide bonds. The molecular weight excluding hydrogens is 541 g/mol. The number of aromatic carboxylic acids is 1. The van der Waals surface area contributed by atoms with Gasteiger partial charge in [0.1, 0.15) is 29.6 Å². The van der Waals surface area contributed by atoms with Crippen LogP contribution in [-0.4, -0.2) is 63.3 Å². The molecule has 0 saturated carbocycles. The molecule has 3 heterocycles. The third-order valence-corrected chi connectivity index (χ3v) is 6.84. The van der Waals surface area contributed by atoms with Gasteiger partial charge in [0.2, 0.25) is 5.88 Å². The summed E-state index contributed by atoms with van der Waals surface area (Å²) in [5.41, 5.74) is 0.944. The molecule has 1 saturated heterocycles. The number of piperazine rings is 1. The van der Waals surface area contributed by atoms with Crippen LogP contribution >= 0.6 is 0 Å². The number of halogens is 3. The van der Waals surface area contributed by atoms with Crippen molar-refractivity contribution in [2.45, 2.75) is 19.8 Å². The standard InChI is InChI=1S/C28H25F3N6O4/c1-35-21-12-19(27(38)39)13-22(41-28(30)31)26(21)34-24(35)15-36-7-9-37(10-8-36)23-3-2-4-25(33-23)40-16-18-6-5-17(14-32)11-20(18)29/h2-6,11-13,28H,7-10,15-16H2,1H3,(H,38,39). The summed E-state index contributed by atoms with van der Waals surface area (Å²) in [6, 6.07) is 13.9. The van der Waals surface area contributed by atoms with Crippen molar-refractivity contribution in [1.29, 1.82) is 5.26 Å². The van der Waals surface area contributed by atoms with E-state index in [9.17, 15) is 23.1 Å². The molecule has 1 aliphatic rings. The maximum atomic E-state index is 14.2. The zero-order valence-electron chi connectivity index (χ0n) is 21.9. The van der Waals surface area contributed by atoms with Crippen LogP contribution in [0.5, 0.6) is 11.6 Å². The van der Waals surface area contributed by atoms with Crippen molar-refractivity contribution in [2.24, 2.45) is 7.05 Å². The number of aromatic nitrogens is 3. The minimum Gasteiger partial charge on any atom is -0.478 e. The number of imidazole rings is 1. The number of carboxylic acid groups (broad SMARTS) is 1. The van der Waals surface area contributed by atoms with E-state index in [1.807, 2.05) is 18.2 Å². The predicted octanol–water partition coefficient (Wildman–Crippen LogP) is 4.18. The number of hydrogen-bond donors (Lipinski definition) is 1. The largest absolute Gasteiger partial charge is 0.478 e. The van der Waals surface area contributed by atoms with Gasteiger partial charge in [-0.2, -0.15) is 19.0 Å². The van der Waals surface area contributed by atoms with Gasteiger partial charge in [0.25, 0.3) is 0 Å². The van der Waals surface area contributed by atoms with Crippen molar-refractivity contribution in [3.05, 3.63) is 76.9 Å². The number of nitriles is 1. The number of rotatable bonds is 9. The fraction of sp³-hybridized carbons (Fsp3) is 0.286. The van der Waals surface area contributed by atoms with E-state index in [0.717, 1.165) is 6.07 Å². The first-order valence-electron chi connectivity index (χ1n) is 12.6. The van der Waals surface area contributed by atoms with Crippen LogP contribution in [0.2, 0.25) is 0 Å². The highest BCUT2D eigenvalue weighted by Crippen LogP contribution is 2.30. The highest BCUT2D eigenvalue weighted by molar-refractivity contribution is 5.95. The highest BCUT2D eigenvalue weighted by Gasteiger charge is 2.23. The van der Waals surface area contributed by atoms with Gasteiger partial charge in [-0.05, 0) is 30.3 Å². The molecule has 5 rings (SSSR count). The lowest BCUT2D eigenvalue weighted by Gasteiger charge is -2.35. The summed E-state index contributed by atoms with van der Waals surface area (Å²) in [6.45, 7) is -0.114. The van der Waals surface area contributed by atoms with Crippen LogP contribution < -0.4 is 14.4 Å². The third-order valence-electron chi connectivity index (χ3n) is 6.84. The number of fused-ring (bicyclic) bond motifs is 1. The summed E-state index contributed by atoms with van der Waals surface area (Å²) in [5, 5.41) is 18.3. The van der Waals surface area contributed by atoms with E-state index < -0.39 is 18.4 Å². The van der Waals surface area contributed by atoms with Gasteiger partial charge in [0.15, 0.2) is 5.75 Å². The lowest BCUT2D eigenvalue weighted by molar-refractivity contribution is -0.0489. The minimum atomic E-state index is -3.12. The fourth-order valence-electron chi connectivity index (χ4n) is 4.64. The van der Waals surface area contributed by atoms with Crippen LogP contribution in [-0.2, 0) is 20.2 Å². The topological polar surface area (TPSA) is 117 Å². The lowest BCUT2D eigenvalue weighted by atomic mass is 10.1. The Balaban J connectivity index is 1.23. The Morgan fingerprint density at radius 3 is 2.59 bits per heavy atom. The number of alkyl halides is 2. The Hall–Kier alpha value is -4.83. The summed E-state index contributed by atoms with van der Waals surface area (Å²) < 4.78 is 52.1. The molecule has 212 valence electrons. The molecule has 41 heavy (non-hydrogen) atoms. The number of carboxylic acids is 1.